The van der Waals surface area contributed by atoms with Crippen LogP contribution in [0.25, 0.3) is 33.0 Å². The second-order valence-electron chi connectivity index (χ2n) is 16.0. The highest BCUT2D eigenvalue weighted by Gasteiger charge is 2.20. The van der Waals surface area contributed by atoms with Crippen molar-refractivity contribution in [3.05, 3.63) is 144 Å². The lowest BCUT2D eigenvalue weighted by Crippen LogP contribution is -2.48. The van der Waals surface area contributed by atoms with Crippen molar-refractivity contribution in [1.82, 2.24) is 30.0 Å². The van der Waals surface area contributed by atoms with Crippen LogP contribution in [0.4, 0.5) is 4.70 Å². The maximum absolute atomic E-state index is 11.9. The second kappa shape index (κ2) is 20.5. The first-order chi connectivity index (χ1) is 30.5. The summed E-state index contributed by atoms with van der Waals surface area (Å²) in [6, 6.07) is 36.9. The van der Waals surface area contributed by atoms with E-state index in [9.17, 15) is 4.79 Å². The van der Waals surface area contributed by atoms with Gasteiger partial charge in [-0.1, -0.05) is 43.3 Å². The minimum absolute atomic E-state index is 0. The fraction of sp³-hybridized carbons (Fsp3) is 0.275. The first-order valence-electron chi connectivity index (χ1n) is 21.7. The van der Waals surface area contributed by atoms with Gasteiger partial charge < -0.3 is 19.7 Å². The van der Waals surface area contributed by atoms with Crippen molar-refractivity contribution in [3.8, 4) is 23.0 Å². The molecule has 11 nitrogen and oxygen atoms in total. The Morgan fingerprint density at radius 2 is 1.03 bits per heavy atom. The zero-order valence-electron chi connectivity index (χ0n) is 35.7. The third kappa shape index (κ3) is 11.1. The number of aliphatic imine (C=N–C) groups is 2. The van der Waals surface area contributed by atoms with Gasteiger partial charge in [-0.05, 0) is 107 Å². The summed E-state index contributed by atoms with van der Waals surface area (Å²) >= 11 is 0. The van der Waals surface area contributed by atoms with Gasteiger partial charge in [-0.15, -0.1) is 0 Å². The molecule has 12 heteroatoms. The highest BCUT2D eigenvalue weighted by Crippen LogP contribution is 2.29. The van der Waals surface area contributed by atoms with Gasteiger partial charge in [0, 0.05) is 95.1 Å². The zero-order valence-corrected chi connectivity index (χ0v) is 35.7. The molecule has 4 aliphatic rings. The Kier molecular flexibility index (Phi) is 14.0. The van der Waals surface area contributed by atoms with Crippen LogP contribution in [0.1, 0.15) is 35.9 Å². The number of rotatable bonds is 11. The number of ether oxygens (including phenoxy) is 2. The first-order valence-corrected chi connectivity index (χ1v) is 21.7. The van der Waals surface area contributed by atoms with Gasteiger partial charge in [0.25, 0.3) is 0 Å². The Morgan fingerprint density at radius 1 is 0.571 bits per heavy atom. The molecule has 63 heavy (non-hydrogen) atoms. The average molecular weight is 845 g/mol. The Labute approximate surface area is 367 Å². The minimum atomic E-state index is 0. The summed E-state index contributed by atoms with van der Waals surface area (Å²) in [5.74, 6) is 3.50. The molecular formula is C51H53FN8O3. The monoisotopic (exact) mass is 844 g/mol. The molecule has 2 fully saturated rings. The van der Waals surface area contributed by atoms with Gasteiger partial charge in [0.15, 0.2) is 0 Å². The highest BCUT2D eigenvalue weighted by atomic mass is 19.0. The van der Waals surface area contributed by atoms with Crippen molar-refractivity contribution in [2.75, 3.05) is 65.4 Å². The number of halogens is 1. The van der Waals surface area contributed by atoms with Crippen LogP contribution < -0.4 is 14.8 Å². The van der Waals surface area contributed by atoms with Crippen molar-refractivity contribution in [3.63, 3.8) is 0 Å². The number of amides is 1. The van der Waals surface area contributed by atoms with Crippen molar-refractivity contribution < 1.29 is 19.0 Å². The third-order valence-corrected chi connectivity index (χ3v) is 11.7. The SMILES string of the molecule is C1=NCC(c2ccc(Oc3ccc4nc(CN5CCNCC5)ccc4c3)cc2)=C1.CCC(=O)N1CCN(Cc2ccc3cc(Oc4ccc(C5=CC=NC5)cc4)ccc3n2)CC1.F. The molecule has 0 radical (unpaired) electrons. The van der Waals surface area contributed by atoms with Gasteiger partial charge in [-0.3, -0.25) is 39.3 Å². The van der Waals surface area contributed by atoms with Crippen LogP contribution in [0.2, 0.25) is 0 Å². The number of nitrogens with one attached hydrogen (secondary N) is 1. The van der Waals surface area contributed by atoms with E-state index >= 15 is 0 Å². The number of allylic oxidation sites excluding steroid dienone is 2. The summed E-state index contributed by atoms with van der Waals surface area (Å²) in [5, 5.41) is 5.54. The molecule has 2 saturated heterocycles. The number of carbonyl (C=O) groups excluding carboxylic acids is 1. The number of hydrogen-bond acceptors (Lipinski definition) is 10. The molecule has 1 N–H and O–H groups in total. The molecule has 10 rings (SSSR count). The Balaban J connectivity index is 0.000000171. The van der Waals surface area contributed by atoms with Gasteiger partial charge in [0.2, 0.25) is 5.91 Å². The van der Waals surface area contributed by atoms with Gasteiger partial charge in [0.05, 0.1) is 35.5 Å². The average Bonchev–Trinajstić information content (AvgIpc) is 4.07. The Bertz CT molecular complexity index is 2650. The van der Waals surface area contributed by atoms with E-state index in [1.807, 2.05) is 84.9 Å². The van der Waals surface area contributed by atoms with Crippen LogP contribution in [-0.4, -0.2) is 108 Å². The molecule has 0 saturated carbocycles. The molecule has 0 atom stereocenters. The van der Waals surface area contributed by atoms with Gasteiger partial charge in [-0.25, -0.2) is 0 Å². The summed E-state index contributed by atoms with van der Waals surface area (Å²) in [5.41, 5.74) is 8.97. The number of fused-ring (bicyclic) bond motifs is 2. The first kappa shape index (κ1) is 43.1. The largest absolute Gasteiger partial charge is 0.457 e. The summed E-state index contributed by atoms with van der Waals surface area (Å²) in [4.78, 5) is 36.8. The number of carbonyl (C=O) groups is 1. The van der Waals surface area contributed by atoms with E-state index in [-0.39, 0.29) is 10.6 Å². The predicted molar refractivity (Wildman–Crippen MR) is 252 cm³/mol. The van der Waals surface area contributed by atoms with E-state index in [1.165, 1.54) is 22.3 Å². The number of piperazine rings is 2. The third-order valence-electron chi connectivity index (χ3n) is 11.7. The fourth-order valence-corrected chi connectivity index (χ4v) is 8.12. The van der Waals surface area contributed by atoms with E-state index in [2.05, 4.69) is 85.8 Å². The van der Waals surface area contributed by atoms with Gasteiger partial charge >= 0.3 is 0 Å². The van der Waals surface area contributed by atoms with Gasteiger partial charge in [0.1, 0.15) is 23.0 Å². The van der Waals surface area contributed by atoms with Crippen LogP contribution in [-0.2, 0) is 17.9 Å². The number of pyridine rings is 2. The number of hydrogen-bond donors (Lipinski definition) is 1. The number of aromatic nitrogens is 2. The minimum Gasteiger partial charge on any atom is -0.457 e. The lowest BCUT2D eigenvalue weighted by molar-refractivity contribution is -0.132. The van der Waals surface area contributed by atoms with E-state index in [0.717, 1.165) is 135 Å². The molecule has 0 spiro atoms. The molecule has 0 bridgehead atoms. The van der Waals surface area contributed by atoms with E-state index in [0.29, 0.717) is 6.42 Å². The van der Waals surface area contributed by atoms with Crippen molar-refractivity contribution in [2.45, 2.75) is 26.4 Å². The van der Waals surface area contributed by atoms with Gasteiger partial charge in [-0.2, -0.15) is 0 Å². The molecule has 322 valence electrons. The smallest absolute Gasteiger partial charge is 0.222 e. The normalized spacial score (nSPS) is 16.3. The number of benzene rings is 4. The summed E-state index contributed by atoms with van der Waals surface area (Å²) in [6.45, 7) is 12.8. The predicted octanol–water partition coefficient (Wildman–Crippen LogP) is 8.60. The Hall–Kier alpha value is -6.60. The molecule has 1 amide bonds. The maximum atomic E-state index is 11.9. The summed E-state index contributed by atoms with van der Waals surface area (Å²) in [6.07, 6.45) is 8.40. The molecule has 4 aliphatic heterocycles. The topological polar surface area (TPSA) is 108 Å². The molecule has 2 aromatic heterocycles. The van der Waals surface area contributed by atoms with E-state index in [4.69, 9.17) is 19.4 Å². The van der Waals surface area contributed by atoms with Crippen molar-refractivity contribution in [2.24, 2.45) is 9.98 Å². The maximum Gasteiger partial charge on any atom is 0.222 e. The quantitative estimate of drug-likeness (QED) is 0.138. The Morgan fingerprint density at radius 3 is 1.48 bits per heavy atom. The molecule has 6 aromatic rings. The zero-order chi connectivity index (χ0) is 42.1. The van der Waals surface area contributed by atoms with Crippen molar-refractivity contribution in [1.29, 1.82) is 0 Å². The fourth-order valence-electron chi connectivity index (χ4n) is 8.12. The molecule has 4 aromatic carbocycles. The molecule has 6 heterocycles. The van der Waals surface area contributed by atoms with Crippen LogP contribution in [0, 0.1) is 0 Å². The standard InChI is InChI=1S/C27H28N4O2.C24H24N4O.FH/c1-2-27(32)31-15-13-30(14-16-31)19-23-6-3-21-17-25(9-10-26(21)29-23)33-24-7-4-20(5-8-24)22-11-12-28-18-22;1-4-21(17-28-13-11-25-12-14-28)27-24-8-7-23(15-19(1)24)29-22-5-2-18(3-6-22)20-9-10-26-16-20;/h3-12,17H,2,13-16,18-19H2,1H3;1-10,15,25H,11-14,16-17H2;1H. The highest BCUT2D eigenvalue weighted by molar-refractivity contribution is 5.90. The molecule has 0 unspecified atom stereocenters. The summed E-state index contributed by atoms with van der Waals surface area (Å²) in [7, 11) is 0. The number of nitrogens with zero attached hydrogens (tertiary/aromatic N) is 7. The van der Waals surface area contributed by atoms with Crippen LogP contribution in [0.5, 0.6) is 23.0 Å². The van der Waals surface area contributed by atoms with E-state index in [1.54, 1.807) is 0 Å². The van der Waals surface area contributed by atoms with Crippen molar-refractivity contribution >= 4 is 51.3 Å². The summed E-state index contributed by atoms with van der Waals surface area (Å²) < 4.78 is 12.1. The second-order valence-corrected chi connectivity index (χ2v) is 16.0. The van der Waals surface area contributed by atoms with Crippen LogP contribution in [0.15, 0.2) is 131 Å². The lowest BCUT2D eigenvalue weighted by Gasteiger charge is -2.34. The van der Waals surface area contributed by atoms with Crippen LogP contribution in [0.3, 0.4) is 0 Å². The molecule has 0 aliphatic carbocycles. The van der Waals surface area contributed by atoms with E-state index < -0.39 is 0 Å². The molecular weight excluding hydrogens is 792 g/mol. The van der Waals surface area contributed by atoms with Crippen LogP contribution >= 0.6 is 0 Å². The lowest BCUT2D eigenvalue weighted by atomic mass is 10.1.